The van der Waals surface area contributed by atoms with E-state index in [4.69, 9.17) is 11.6 Å². The molecule has 0 aliphatic rings. The van der Waals surface area contributed by atoms with Crippen LogP contribution in [0.2, 0.25) is 5.15 Å². The van der Waals surface area contributed by atoms with E-state index in [2.05, 4.69) is 35.8 Å². The number of nitrogens with zero attached hydrogens (tertiary/aromatic N) is 4. The van der Waals surface area contributed by atoms with E-state index in [0.717, 1.165) is 23.2 Å². The zero-order valence-electron chi connectivity index (χ0n) is 11.1. The Morgan fingerprint density at radius 2 is 2.06 bits per heavy atom. The second-order valence-electron chi connectivity index (χ2n) is 4.57. The third-order valence-corrected chi connectivity index (χ3v) is 3.28. The summed E-state index contributed by atoms with van der Waals surface area (Å²) in [6.45, 7) is 8.17. The van der Waals surface area contributed by atoms with Crippen LogP contribution in [0.1, 0.15) is 38.1 Å². The second-order valence-corrected chi connectivity index (χ2v) is 4.92. The summed E-state index contributed by atoms with van der Waals surface area (Å²) in [5.74, 6) is 0.648. The third-order valence-electron chi connectivity index (χ3n) is 2.91. The summed E-state index contributed by atoms with van der Waals surface area (Å²) in [7, 11) is 0. The maximum absolute atomic E-state index is 6.14. The van der Waals surface area contributed by atoms with Gasteiger partial charge < -0.3 is 0 Å². The predicted octanol–water partition coefficient (Wildman–Crippen LogP) is 3.45. The zero-order valence-corrected chi connectivity index (χ0v) is 11.9. The molecule has 0 bridgehead atoms. The molecule has 0 N–H and O–H groups in total. The van der Waals surface area contributed by atoms with Crippen molar-refractivity contribution < 1.29 is 0 Å². The van der Waals surface area contributed by atoms with Gasteiger partial charge in [0, 0.05) is 23.5 Å². The molecule has 0 aromatic carbocycles. The van der Waals surface area contributed by atoms with E-state index < -0.39 is 0 Å². The first-order chi connectivity index (χ1) is 8.52. The molecule has 0 aliphatic heterocycles. The fourth-order valence-electron chi connectivity index (χ4n) is 1.74. The van der Waals surface area contributed by atoms with E-state index in [1.54, 1.807) is 6.20 Å². The van der Waals surface area contributed by atoms with Crippen molar-refractivity contribution in [1.29, 1.82) is 0 Å². The van der Waals surface area contributed by atoms with E-state index in [0.29, 0.717) is 17.0 Å². The SMILES string of the molecule is CCc1nc(-c2cnn(C(C)C)c2)nc(Cl)c1C. The van der Waals surface area contributed by atoms with Crippen LogP contribution in [0.3, 0.4) is 0 Å². The third kappa shape index (κ3) is 2.38. The molecule has 2 heterocycles. The molecule has 96 valence electrons. The highest BCUT2D eigenvalue weighted by atomic mass is 35.5. The van der Waals surface area contributed by atoms with E-state index in [-0.39, 0.29) is 0 Å². The minimum absolute atomic E-state index is 0.324. The monoisotopic (exact) mass is 264 g/mol. The summed E-state index contributed by atoms with van der Waals surface area (Å²) >= 11 is 6.14. The average Bonchev–Trinajstić information content (AvgIpc) is 2.82. The Morgan fingerprint density at radius 1 is 1.33 bits per heavy atom. The lowest BCUT2D eigenvalue weighted by Crippen LogP contribution is -2.00. The Hall–Kier alpha value is -1.42. The van der Waals surface area contributed by atoms with Gasteiger partial charge in [-0.1, -0.05) is 18.5 Å². The van der Waals surface area contributed by atoms with Crippen LogP contribution in [0, 0.1) is 6.92 Å². The summed E-state index contributed by atoms with van der Waals surface area (Å²) in [4.78, 5) is 8.87. The van der Waals surface area contributed by atoms with Gasteiger partial charge in [-0.05, 0) is 27.2 Å². The minimum atomic E-state index is 0.324. The molecule has 0 spiro atoms. The molecule has 2 rings (SSSR count). The van der Waals surface area contributed by atoms with Gasteiger partial charge in [0.05, 0.1) is 11.8 Å². The maximum Gasteiger partial charge on any atom is 0.164 e. The number of rotatable bonds is 3. The van der Waals surface area contributed by atoms with Crippen LogP contribution in [0.5, 0.6) is 0 Å². The highest BCUT2D eigenvalue weighted by molar-refractivity contribution is 6.30. The van der Waals surface area contributed by atoms with Crippen LogP contribution < -0.4 is 0 Å². The van der Waals surface area contributed by atoms with Gasteiger partial charge in [-0.25, -0.2) is 9.97 Å². The van der Waals surface area contributed by atoms with Crippen molar-refractivity contribution >= 4 is 11.6 Å². The standard InChI is InChI=1S/C13H17ClN4/c1-5-11-9(4)12(14)17-13(16-11)10-6-15-18(7-10)8(2)3/h6-8H,5H2,1-4H3. The van der Waals surface area contributed by atoms with E-state index in [1.165, 1.54) is 0 Å². The van der Waals surface area contributed by atoms with Crippen LogP contribution in [-0.4, -0.2) is 19.7 Å². The quantitative estimate of drug-likeness (QED) is 0.798. The molecule has 0 fully saturated rings. The number of hydrogen-bond acceptors (Lipinski definition) is 3. The van der Waals surface area contributed by atoms with Crippen molar-refractivity contribution in [3.05, 3.63) is 28.8 Å². The Bertz CT molecular complexity index is 560. The molecule has 0 aliphatic carbocycles. The van der Waals surface area contributed by atoms with E-state index in [1.807, 2.05) is 17.8 Å². The Kier molecular flexibility index (Phi) is 3.66. The first kappa shape index (κ1) is 13.0. The van der Waals surface area contributed by atoms with Crippen molar-refractivity contribution in [2.24, 2.45) is 0 Å². The van der Waals surface area contributed by atoms with Crippen molar-refractivity contribution in [1.82, 2.24) is 19.7 Å². The van der Waals surface area contributed by atoms with Gasteiger partial charge in [0.2, 0.25) is 0 Å². The largest absolute Gasteiger partial charge is 0.270 e. The first-order valence-corrected chi connectivity index (χ1v) is 6.48. The first-order valence-electron chi connectivity index (χ1n) is 6.10. The average molecular weight is 265 g/mol. The lowest BCUT2D eigenvalue weighted by atomic mass is 10.2. The second kappa shape index (κ2) is 5.06. The summed E-state index contributed by atoms with van der Waals surface area (Å²) < 4.78 is 1.89. The number of aromatic nitrogens is 4. The minimum Gasteiger partial charge on any atom is -0.270 e. The molecule has 0 atom stereocenters. The normalized spacial score (nSPS) is 11.2. The van der Waals surface area contributed by atoms with Gasteiger partial charge in [-0.3, -0.25) is 4.68 Å². The molecule has 2 aromatic heterocycles. The van der Waals surface area contributed by atoms with E-state index >= 15 is 0 Å². The number of halogens is 1. The summed E-state index contributed by atoms with van der Waals surface area (Å²) in [6, 6.07) is 0.324. The van der Waals surface area contributed by atoms with Gasteiger partial charge in [0.1, 0.15) is 5.15 Å². The zero-order chi connectivity index (χ0) is 13.3. The lowest BCUT2D eigenvalue weighted by molar-refractivity contribution is 0.532. The number of hydrogen-bond donors (Lipinski definition) is 0. The summed E-state index contributed by atoms with van der Waals surface area (Å²) in [5, 5.41) is 4.82. The fourth-order valence-corrected chi connectivity index (χ4v) is 1.93. The molecule has 0 amide bonds. The van der Waals surface area contributed by atoms with Crippen LogP contribution in [0.15, 0.2) is 12.4 Å². The molecule has 4 nitrogen and oxygen atoms in total. The highest BCUT2D eigenvalue weighted by Crippen LogP contribution is 2.22. The molecule has 0 unspecified atom stereocenters. The highest BCUT2D eigenvalue weighted by Gasteiger charge is 2.11. The maximum atomic E-state index is 6.14. The molecule has 5 heteroatoms. The van der Waals surface area contributed by atoms with Gasteiger partial charge in [0.15, 0.2) is 5.82 Å². The van der Waals surface area contributed by atoms with Crippen molar-refractivity contribution in [3.8, 4) is 11.4 Å². The Labute approximate surface area is 112 Å². The summed E-state index contributed by atoms with van der Waals surface area (Å²) in [5.41, 5.74) is 2.85. The smallest absolute Gasteiger partial charge is 0.164 e. The van der Waals surface area contributed by atoms with Crippen LogP contribution >= 0.6 is 11.6 Å². The lowest BCUT2D eigenvalue weighted by Gasteiger charge is -2.06. The van der Waals surface area contributed by atoms with Gasteiger partial charge in [-0.2, -0.15) is 5.10 Å². The predicted molar refractivity (Wildman–Crippen MR) is 72.8 cm³/mol. The molecule has 2 aromatic rings. The number of aryl methyl sites for hydroxylation is 1. The van der Waals surface area contributed by atoms with Gasteiger partial charge in [-0.15, -0.1) is 0 Å². The van der Waals surface area contributed by atoms with Crippen molar-refractivity contribution in [2.45, 2.75) is 40.2 Å². The Balaban J connectivity index is 2.47. The van der Waals surface area contributed by atoms with Crippen LogP contribution in [-0.2, 0) is 6.42 Å². The molecule has 0 radical (unpaired) electrons. The van der Waals surface area contributed by atoms with E-state index in [9.17, 15) is 0 Å². The van der Waals surface area contributed by atoms with Gasteiger partial charge in [0.25, 0.3) is 0 Å². The topological polar surface area (TPSA) is 43.6 Å². The van der Waals surface area contributed by atoms with Crippen molar-refractivity contribution in [3.63, 3.8) is 0 Å². The molecule has 0 saturated carbocycles. The summed E-state index contributed by atoms with van der Waals surface area (Å²) in [6.07, 6.45) is 4.57. The van der Waals surface area contributed by atoms with Gasteiger partial charge >= 0.3 is 0 Å². The molecular weight excluding hydrogens is 248 g/mol. The Morgan fingerprint density at radius 3 is 2.61 bits per heavy atom. The molecular formula is C13H17ClN4. The van der Waals surface area contributed by atoms with Crippen LogP contribution in [0.4, 0.5) is 0 Å². The molecule has 0 saturated heterocycles. The van der Waals surface area contributed by atoms with Crippen molar-refractivity contribution in [2.75, 3.05) is 0 Å². The van der Waals surface area contributed by atoms with Crippen LogP contribution in [0.25, 0.3) is 11.4 Å². The molecule has 18 heavy (non-hydrogen) atoms. The fraction of sp³-hybridized carbons (Fsp3) is 0.462.